The molecule has 6 atom stereocenters. The number of nitrogens with two attached hydrogens (primary N) is 1. The van der Waals surface area contributed by atoms with Crippen molar-refractivity contribution in [1.82, 2.24) is 30.5 Å². The molecule has 3 aromatic rings. The van der Waals surface area contributed by atoms with Gasteiger partial charge in [0.15, 0.2) is 0 Å². The largest absolute Gasteiger partial charge is 0.387 e. The molecule has 6 unspecified atom stereocenters. The molecule has 2 aliphatic heterocycles. The number of amides is 3. The topological polar surface area (TPSA) is 155 Å². The first-order valence-corrected chi connectivity index (χ1v) is 15.7. The molecule has 0 aliphatic carbocycles. The second-order valence-electron chi connectivity index (χ2n) is 11.9. The van der Waals surface area contributed by atoms with Gasteiger partial charge in [-0.25, -0.2) is 0 Å². The molecular formula is C33H43N7O4. The molecule has 0 saturated carbocycles. The van der Waals surface area contributed by atoms with Crippen molar-refractivity contribution in [2.24, 2.45) is 11.7 Å². The van der Waals surface area contributed by atoms with Crippen LogP contribution in [0.3, 0.4) is 0 Å². The third-order valence-electron chi connectivity index (χ3n) is 9.00. The maximum Gasteiger partial charge on any atom is 0.246 e. The van der Waals surface area contributed by atoms with Gasteiger partial charge in [0.05, 0.1) is 24.4 Å². The first-order chi connectivity index (χ1) is 21.3. The number of nitrogens with zero attached hydrogens (tertiary/aromatic N) is 4. The molecule has 0 radical (unpaired) electrons. The van der Waals surface area contributed by atoms with E-state index in [1.54, 1.807) is 15.8 Å². The molecule has 3 heterocycles. The van der Waals surface area contributed by atoms with Crippen molar-refractivity contribution >= 4 is 17.7 Å². The molecule has 11 nitrogen and oxygen atoms in total. The Labute approximate surface area is 258 Å². The smallest absolute Gasteiger partial charge is 0.246 e. The van der Waals surface area contributed by atoms with E-state index in [0.29, 0.717) is 50.8 Å². The van der Waals surface area contributed by atoms with Gasteiger partial charge in [0.2, 0.25) is 17.7 Å². The number of hydrogen-bond donors (Lipinski definition) is 4. The predicted octanol–water partition coefficient (Wildman–Crippen LogP) is 2.62. The lowest BCUT2D eigenvalue weighted by Crippen LogP contribution is -2.58. The number of hydrogen-bond acceptors (Lipinski definition) is 7. The van der Waals surface area contributed by atoms with Gasteiger partial charge < -0.3 is 26.4 Å². The number of benzene rings is 2. The number of fused-ring (bicyclic) bond motifs is 1. The monoisotopic (exact) mass is 601 g/mol. The van der Waals surface area contributed by atoms with E-state index >= 15 is 0 Å². The fourth-order valence-electron chi connectivity index (χ4n) is 6.41. The molecule has 44 heavy (non-hydrogen) atoms. The molecule has 0 spiro atoms. The van der Waals surface area contributed by atoms with Crippen LogP contribution in [-0.2, 0) is 20.9 Å². The third kappa shape index (κ3) is 6.84. The molecule has 234 valence electrons. The number of nitrogens with one attached hydrogen (secondary N) is 2. The summed E-state index contributed by atoms with van der Waals surface area (Å²) in [5.74, 6) is -1.21. The lowest BCUT2D eigenvalue weighted by atomic mass is 9.92. The third-order valence-corrected chi connectivity index (χ3v) is 9.00. The van der Waals surface area contributed by atoms with Gasteiger partial charge in [-0.15, -0.1) is 5.10 Å². The maximum absolute atomic E-state index is 14.4. The molecule has 5 rings (SSSR count). The quantitative estimate of drug-likeness (QED) is 0.263. The van der Waals surface area contributed by atoms with Gasteiger partial charge in [0, 0.05) is 18.5 Å². The zero-order chi connectivity index (χ0) is 31.2. The summed E-state index contributed by atoms with van der Waals surface area (Å²) in [6.07, 6.45) is 4.45. The molecule has 2 fully saturated rings. The number of aliphatic hydroxyl groups is 1. The standard InChI is InChI=1S/C33H43N7O4/c1-3-25(34)31(42)36-30-23(19-39-20-26(37-38-39)28(41)4-2)15-16-24-17-18-27(40(24)33(30)44)32(43)35-29(21-11-7-5-8-12-21)22-13-9-6-10-14-22/h5-14,20,23-25,27-30,41H,3-4,15-19,34H2,1-2H3,(H,35,43)(H,36,42). The van der Waals surface area contributed by atoms with E-state index in [9.17, 15) is 19.5 Å². The Morgan fingerprint density at radius 3 is 2.23 bits per heavy atom. The van der Waals surface area contributed by atoms with Crippen LogP contribution in [0.5, 0.6) is 0 Å². The molecule has 2 aliphatic rings. The number of carbonyl (C=O) groups is 3. The zero-order valence-corrected chi connectivity index (χ0v) is 25.4. The normalized spacial score (nSPS) is 23.1. The van der Waals surface area contributed by atoms with Crippen molar-refractivity contribution in [3.63, 3.8) is 0 Å². The lowest BCUT2D eigenvalue weighted by Gasteiger charge is -2.33. The summed E-state index contributed by atoms with van der Waals surface area (Å²) in [6.45, 7) is 4.00. The first kappa shape index (κ1) is 31.3. The zero-order valence-electron chi connectivity index (χ0n) is 25.4. The Morgan fingerprint density at radius 1 is 0.977 bits per heavy atom. The summed E-state index contributed by atoms with van der Waals surface area (Å²) < 4.78 is 1.62. The van der Waals surface area contributed by atoms with Crippen LogP contribution in [0.4, 0.5) is 0 Å². The van der Waals surface area contributed by atoms with Crippen LogP contribution in [0.25, 0.3) is 0 Å². The predicted molar refractivity (Wildman–Crippen MR) is 165 cm³/mol. The SMILES string of the molecule is CCC(N)C(=O)NC1C(=O)N2C(CCC1Cn1cc(C(O)CC)nn1)CCC2C(=O)NC(c1ccccc1)c1ccccc1. The van der Waals surface area contributed by atoms with Crippen molar-refractivity contribution in [2.45, 2.75) is 95.2 Å². The first-order valence-electron chi connectivity index (χ1n) is 15.7. The van der Waals surface area contributed by atoms with E-state index in [2.05, 4.69) is 20.9 Å². The average Bonchev–Trinajstić information content (AvgIpc) is 3.69. The van der Waals surface area contributed by atoms with Crippen molar-refractivity contribution < 1.29 is 19.5 Å². The molecule has 0 bridgehead atoms. The van der Waals surface area contributed by atoms with Crippen molar-refractivity contribution in [1.29, 1.82) is 0 Å². The summed E-state index contributed by atoms with van der Waals surface area (Å²) in [4.78, 5) is 43.1. The van der Waals surface area contributed by atoms with Gasteiger partial charge in [0.1, 0.15) is 17.8 Å². The minimum absolute atomic E-state index is 0.123. The van der Waals surface area contributed by atoms with Crippen LogP contribution in [0.15, 0.2) is 66.9 Å². The molecule has 2 saturated heterocycles. The molecular weight excluding hydrogens is 558 g/mol. The highest BCUT2D eigenvalue weighted by molar-refractivity contribution is 5.94. The van der Waals surface area contributed by atoms with Crippen molar-refractivity contribution in [3.05, 3.63) is 83.7 Å². The van der Waals surface area contributed by atoms with Gasteiger partial charge in [-0.05, 0) is 49.7 Å². The van der Waals surface area contributed by atoms with E-state index in [1.165, 1.54) is 0 Å². The van der Waals surface area contributed by atoms with E-state index < -0.39 is 30.1 Å². The molecule has 11 heteroatoms. The van der Waals surface area contributed by atoms with Crippen LogP contribution in [0.2, 0.25) is 0 Å². The van der Waals surface area contributed by atoms with Crippen LogP contribution >= 0.6 is 0 Å². The Bertz CT molecular complexity index is 1380. The number of carbonyl (C=O) groups excluding carboxylic acids is 3. The Balaban J connectivity index is 1.40. The summed E-state index contributed by atoms with van der Waals surface area (Å²) in [6, 6.07) is 16.8. The van der Waals surface area contributed by atoms with Gasteiger partial charge in [-0.2, -0.15) is 0 Å². The van der Waals surface area contributed by atoms with Gasteiger partial charge >= 0.3 is 0 Å². The highest BCUT2D eigenvalue weighted by Crippen LogP contribution is 2.35. The molecule has 2 aromatic carbocycles. The minimum atomic E-state index is -0.888. The van der Waals surface area contributed by atoms with Crippen LogP contribution in [0, 0.1) is 5.92 Å². The van der Waals surface area contributed by atoms with Crippen LogP contribution in [0.1, 0.15) is 81.3 Å². The summed E-state index contributed by atoms with van der Waals surface area (Å²) in [5, 5.41) is 24.7. The van der Waals surface area contributed by atoms with Crippen molar-refractivity contribution in [2.75, 3.05) is 0 Å². The number of rotatable bonds is 11. The fourth-order valence-corrected chi connectivity index (χ4v) is 6.41. The Hall–Kier alpha value is -4.09. The average molecular weight is 602 g/mol. The van der Waals surface area contributed by atoms with E-state index in [-0.39, 0.29) is 29.8 Å². The van der Waals surface area contributed by atoms with Gasteiger partial charge in [0.25, 0.3) is 0 Å². The van der Waals surface area contributed by atoms with E-state index in [4.69, 9.17) is 5.73 Å². The second-order valence-corrected chi connectivity index (χ2v) is 11.9. The lowest BCUT2D eigenvalue weighted by molar-refractivity contribution is -0.143. The van der Waals surface area contributed by atoms with Gasteiger partial charge in [-0.3, -0.25) is 19.1 Å². The number of aromatic nitrogens is 3. The summed E-state index contributed by atoms with van der Waals surface area (Å²) >= 11 is 0. The Morgan fingerprint density at radius 2 is 1.61 bits per heavy atom. The fraction of sp³-hybridized carbons (Fsp3) is 0.485. The highest BCUT2D eigenvalue weighted by Gasteiger charge is 2.48. The second kappa shape index (κ2) is 14.1. The van der Waals surface area contributed by atoms with E-state index in [0.717, 1.165) is 11.1 Å². The summed E-state index contributed by atoms with van der Waals surface area (Å²) in [5.41, 5.74) is 8.42. The van der Waals surface area contributed by atoms with Crippen LogP contribution in [-0.4, -0.2) is 66.9 Å². The molecule has 5 N–H and O–H groups in total. The molecule has 1 aromatic heterocycles. The Kier molecular flexibility index (Phi) is 10.1. The van der Waals surface area contributed by atoms with Crippen molar-refractivity contribution in [3.8, 4) is 0 Å². The molecule has 3 amide bonds. The van der Waals surface area contributed by atoms with Crippen LogP contribution < -0.4 is 16.4 Å². The van der Waals surface area contributed by atoms with Gasteiger partial charge in [-0.1, -0.05) is 79.7 Å². The minimum Gasteiger partial charge on any atom is -0.387 e. The number of aliphatic hydroxyl groups excluding tert-OH is 1. The maximum atomic E-state index is 14.4. The van der Waals surface area contributed by atoms with E-state index in [1.807, 2.05) is 74.5 Å². The summed E-state index contributed by atoms with van der Waals surface area (Å²) in [7, 11) is 0. The highest BCUT2D eigenvalue weighted by atomic mass is 16.3.